The smallest absolute Gasteiger partial charge is 0.321 e. The highest BCUT2D eigenvalue weighted by atomic mass is 16.2. The van der Waals surface area contributed by atoms with Crippen LogP contribution >= 0.6 is 0 Å². The predicted molar refractivity (Wildman–Crippen MR) is 67.9 cm³/mol. The lowest BCUT2D eigenvalue weighted by Gasteiger charge is -2.17. The molecular weight excluding hydrogens is 200 g/mol. The summed E-state index contributed by atoms with van der Waals surface area (Å²) in [5.41, 5.74) is 2.11. The number of anilines is 1. The molecule has 0 radical (unpaired) electrons. The van der Waals surface area contributed by atoms with Gasteiger partial charge in [-0.3, -0.25) is 0 Å². The maximum Gasteiger partial charge on any atom is 0.321 e. The minimum Gasteiger partial charge on any atom is -0.331 e. The van der Waals surface area contributed by atoms with Crippen LogP contribution in [-0.4, -0.2) is 25.0 Å². The Labute approximate surface area is 97.5 Å². The topological polar surface area (TPSA) is 32.3 Å². The van der Waals surface area contributed by atoms with Crippen LogP contribution in [0.3, 0.4) is 0 Å². The van der Waals surface area contributed by atoms with Crippen molar-refractivity contribution in [1.29, 1.82) is 0 Å². The van der Waals surface area contributed by atoms with Crippen molar-refractivity contribution in [2.45, 2.75) is 26.2 Å². The standard InChI is InChI=1S/C13H20N2O/c1-5-10(2)11-8-6-7-9-12(11)14-13(16)15(3)4/h6-10H,5H2,1-4H3,(H,14,16)/t10-/m1/s1. The van der Waals surface area contributed by atoms with Gasteiger partial charge in [-0.05, 0) is 24.0 Å². The van der Waals surface area contributed by atoms with Gasteiger partial charge in [0.1, 0.15) is 0 Å². The van der Waals surface area contributed by atoms with E-state index < -0.39 is 0 Å². The van der Waals surface area contributed by atoms with Gasteiger partial charge in [-0.25, -0.2) is 4.79 Å². The number of nitrogens with one attached hydrogen (secondary N) is 1. The quantitative estimate of drug-likeness (QED) is 0.833. The Hall–Kier alpha value is -1.51. The molecule has 0 saturated heterocycles. The van der Waals surface area contributed by atoms with Gasteiger partial charge in [0.25, 0.3) is 0 Å². The Bertz CT molecular complexity index is 361. The molecule has 2 amide bonds. The molecule has 0 fully saturated rings. The van der Waals surface area contributed by atoms with Crippen LogP contribution in [0.2, 0.25) is 0 Å². The normalized spacial score (nSPS) is 12.0. The number of benzene rings is 1. The molecule has 0 saturated carbocycles. The number of urea groups is 1. The van der Waals surface area contributed by atoms with Crippen LogP contribution < -0.4 is 5.32 Å². The van der Waals surface area contributed by atoms with Crippen LogP contribution in [0.1, 0.15) is 31.7 Å². The number of carbonyl (C=O) groups is 1. The van der Waals surface area contributed by atoms with Crippen LogP contribution in [-0.2, 0) is 0 Å². The Morgan fingerprint density at radius 3 is 2.56 bits per heavy atom. The van der Waals surface area contributed by atoms with Crippen LogP contribution in [0, 0.1) is 0 Å². The highest BCUT2D eigenvalue weighted by molar-refractivity contribution is 5.89. The molecule has 0 spiro atoms. The maximum absolute atomic E-state index is 11.6. The molecule has 0 unspecified atom stereocenters. The summed E-state index contributed by atoms with van der Waals surface area (Å²) in [4.78, 5) is 13.1. The average Bonchev–Trinajstić information content (AvgIpc) is 2.28. The summed E-state index contributed by atoms with van der Waals surface area (Å²) >= 11 is 0. The number of rotatable bonds is 3. The average molecular weight is 220 g/mol. The highest BCUT2D eigenvalue weighted by Gasteiger charge is 2.11. The Balaban J connectivity index is 2.91. The monoisotopic (exact) mass is 220 g/mol. The van der Waals surface area contributed by atoms with E-state index in [1.54, 1.807) is 14.1 Å². The number of nitrogens with zero attached hydrogens (tertiary/aromatic N) is 1. The first-order valence-corrected chi connectivity index (χ1v) is 5.63. The van der Waals surface area contributed by atoms with Crippen LogP contribution in [0.25, 0.3) is 0 Å². The second-order valence-electron chi connectivity index (χ2n) is 4.22. The summed E-state index contributed by atoms with van der Waals surface area (Å²) in [5, 5.41) is 2.91. The minimum absolute atomic E-state index is 0.0873. The molecule has 1 aromatic carbocycles. The molecule has 0 bridgehead atoms. The zero-order chi connectivity index (χ0) is 12.1. The van der Waals surface area contributed by atoms with Crippen molar-refractivity contribution in [1.82, 2.24) is 4.90 Å². The Morgan fingerprint density at radius 2 is 2.00 bits per heavy atom. The minimum atomic E-state index is -0.0873. The van der Waals surface area contributed by atoms with E-state index in [1.807, 2.05) is 18.2 Å². The zero-order valence-corrected chi connectivity index (χ0v) is 10.4. The lowest BCUT2D eigenvalue weighted by molar-refractivity contribution is 0.230. The van der Waals surface area contributed by atoms with Gasteiger partial charge in [0.15, 0.2) is 0 Å². The fraction of sp³-hybridized carbons (Fsp3) is 0.462. The fourth-order valence-electron chi connectivity index (χ4n) is 1.49. The van der Waals surface area contributed by atoms with Crippen molar-refractivity contribution < 1.29 is 4.79 Å². The van der Waals surface area contributed by atoms with Gasteiger partial charge in [-0.1, -0.05) is 32.0 Å². The van der Waals surface area contributed by atoms with Crippen LogP contribution in [0.5, 0.6) is 0 Å². The molecule has 1 rings (SSSR count). The molecule has 3 nitrogen and oxygen atoms in total. The molecule has 1 N–H and O–H groups in total. The van der Waals surface area contributed by atoms with Crippen molar-refractivity contribution >= 4 is 11.7 Å². The van der Waals surface area contributed by atoms with E-state index in [2.05, 4.69) is 25.2 Å². The molecule has 16 heavy (non-hydrogen) atoms. The summed E-state index contributed by atoms with van der Waals surface area (Å²) in [6, 6.07) is 7.88. The third-order valence-electron chi connectivity index (χ3n) is 2.75. The lowest BCUT2D eigenvalue weighted by Crippen LogP contribution is -2.27. The van der Waals surface area contributed by atoms with E-state index in [-0.39, 0.29) is 6.03 Å². The second-order valence-corrected chi connectivity index (χ2v) is 4.22. The summed E-state index contributed by atoms with van der Waals surface area (Å²) in [6.45, 7) is 4.32. The molecule has 88 valence electrons. The SMILES string of the molecule is CC[C@@H](C)c1ccccc1NC(=O)N(C)C. The fourth-order valence-corrected chi connectivity index (χ4v) is 1.49. The zero-order valence-electron chi connectivity index (χ0n) is 10.4. The van der Waals surface area contributed by atoms with Gasteiger partial charge in [0.2, 0.25) is 0 Å². The summed E-state index contributed by atoms with van der Waals surface area (Å²) < 4.78 is 0. The van der Waals surface area contributed by atoms with Gasteiger partial charge < -0.3 is 10.2 Å². The van der Waals surface area contributed by atoms with Crippen molar-refractivity contribution in [3.8, 4) is 0 Å². The summed E-state index contributed by atoms with van der Waals surface area (Å²) in [7, 11) is 3.47. The third kappa shape index (κ3) is 2.99. The number of amides is 2. The molecule has 0 aromatic heterocycles. The predicted octanol–water partition coefficient (Wildman–Crippen LogP) is 3.29. The van der Waals surface area contributed by atoms with Gasteiger partial charge in [0.05, 0.1) is 0 Å². The molecule has 0 aliphatic rings. The molecular formula is C13H20N2O. The number of hydrogen-bond donors (Lipinski definition) is 1. The maximum atomic E-state index is 11.6. The first kappa shape index (κ1) is 12.6. The van der Waals surface area contributed by atoms with Crippen molar-refractivity contribution in [3.63, 3.8) is 0 Å². The van der Waals surface area contributed by atoms with E-state index in [9.17, 15) is 4.79 Å². The number of carbonyl (C=O) groups excluding carboxylic acids is 1. The van der Waals surface area contributed by atoms with Crippen LogP contribution in [0.4, 0.5) is 10.5 Å². The van der Waals surface area contributed by atoms with Gasteiger partial charge >= 0.3 is 6.03 Å². The molecule has 1 atom stereocenters. The molecule has 3 heteroatoms. The van der Waals surface area contributed by atoms with Crippen molar-refractivity contribution in [2.24, 2.45) is 0 Å². The van der Waals surface area contributed by atoms with E-state index in [0.29, 0.717) is 5.92 Å². The van der Waals surface area contributed by atoms with E-state index in [1.165, 1.54) is 10.5 Å². The molecule has 1 aromatic rings. The van der Waals surface area contributed by atoms with E-state index in [0.717, 1.165) is 12.1 Å². The third-order valence-corrected chi connectivity index (χ3v) is 2.75. The molecule has 0 heterocycles. The van der Waals surface area contributed by atoms with Gasteiger partial charge in [-0.15, -0.1) is 0 Å². The van der Waals surface area contributed by atoms with Crippen molar-refractivity contribution in [2.75, 3.05) is 19.4 Å². The Morgan fingerprint density at radius 1 is 1.38 bits per heavy atom. The van der Waals surface area contributed by atoms with E-state index in [4.69, 9.17) is 0 Å². The van der Waals surface area contributed by atoms with E-state index >= 15 is 0 Å². The molecule has 0 aliphatic heterocycles. The highest BCUT2D eigenvalue weighted by Crippen LogP contribution is 2.26. The van der Waals surface area contributed by atoms with Gasteiger partial charge in [0, 0.05) is 19.8 Å². The second kappa shape index (κ2) is 5.54. The summed E-state index contributed by atoms with van der Waals surface area (Å²) in [6.07, 6.45) is 1.06. The van der Waals surface area contributed by atoms with Crippen LogP contribution in [0.15, 0.2) is 24.3 Å². The van der Waals surface area contributed by atoms with Gasteiger partial charge in [-0.2, -0.15) is 0 Å². The lowest BCUT2D eigenvalue weighted by atomic mass is 9.97. The first-order valence-electron chi connectivity index (χ1n) is 5.63. The summed E-state index contributed by atoms with van der Waals surface area (Å²) in [5.74, 6) is 0.457. The number of hydrogen-bond acceptors (Lipinski definition) is 1. The molecule has 0 aliphatic carbocycles. The first-order chi connectivity index (χ1) is 7.56. The largest absolute Gasteiger partial charge is 0.331 e. The van der Waals surface area contributed by atoms with Crippen molar-refractivity contribution in [3.05, 3.63) is 29.8 Å². The number of para-hydroxylation sites is 1. The Kier molecular flexibility index (Phi) is 4.35.